The summed E-state index contributed by atoms with van der Waals surface area (Å²) in [5.74, 6) is 1.12. The van der Waals surface area contributed by atoms with Crippen LogP contribution < -0.4 is 10.6 Å². The van der Waals surface area contributed by atoms with E-state index in [4.69, 9.17) is 0 Å². The average molecular weight is 372 g/mol. The Morgan fingerprint density at radius 3 is 2.39 bits per heavy atom. The van der Waals surface area contributed by atoms with E-state index < -0.39 is 0 Å². The van der Waals surface area contributed by atoms with Gasteiger partial charge in [0.15, 0.2) is 5.82 Å². The van der Waals surface area contributed by atoms with Gasteiger partial charge in [0, 0.05) is 24.2 Å². The van der Waals surface area contributed by atoms with Crippen LogP contribution in [0.4, 0.5) is 5.82 Å². The number of nitrogens with one attached hydrogen (secondary N) is 2. The minimum Gasteiger partial charge on any atom is -0.370 e. The molecule has 0 atom stereocenters. The van der Waals surface area contributed by atoms with Crippen molar-refractivity contribution >= 4 is 11.7 Å². The van der Waals surface area contributed by atoms with Crippen molar-refractivity contribution in [2.45, 2.75) is 31.7 Å². The zero-order valence-electron chi connectivity index (χ0n) is 15.8. The minimum absolute atomic E-state index is 0.130. The first-order valence-electron chi connectivity index (χ1n) is 9.81. The second kappa shape index (κ2) is 8.65. The van der Waals surface area contributed by atoms with Crippen LogP contribution >= 0.6 is 0 Å². The lowest BCUT2D eigenvalue weighted by molar-refractivity contribution is 0.0946. The number of hydrogen-bond acceptors (Lipinski definition) is 4. The van der Waals surface area contributed by atoms with Gasteiger partial charge in [-0.05, 0) is 31.2 Å². The van der Waals surface area contributed by atoms with Gasteiger partial charge in [-0.1, -0.05) is 60.7 Å². The largest absolute Gasteiger partial charge is 0.370 e. The number of amides is 1. The van der Waals surface area contributed by atoms with Gasteiger partial charge in [0.05, 0.1) is 0 Å². The Morgan fingerprint density at radius 1 is 0.964 bits per heavy atom. The molecule has 4 rings (SSSR count). The highest BCUT2D eigenvalue weighted by molar-refractivity contribution is 5.93. The second-order valence-corrected chi connectivity index (χ2v) is 7.09. The molecule has 1 aromatic heterocycles. The molecule has 1 saturated carbocycles. The third kappa shape index (κ3) is 4.94. The number of aryl methyl sites for hydroxylation is 1. The summed E-state index contributed by atoms with van der Waals surface area (Å²) >= 11 is 0. The molecule has 0 radical (unpaired) electrons. The molecule has 3 aromatic rings. The topological polar surface area (TPSA) is 66.9 Å². The molecule has 0 saturated heterocycles. The van der Waals surface area contributed by atoms with Crippen molar-refractivity contribution in [2.75, 3.05) is 11.9 Å². The van der Waals surface area contributed by atoms with Gasteiger partial charge in [0.2, 0.25) is 0 Å². The monoisotopic (exact) mass is 372 g/mol. The van der Waals surface area contributed by atoms with E-state index in [1.54, 1.807) is 6.07 Å². The Morgan fingerprint density at radius 2 is 1.68 bits per heavy atom. The zero-order chi connectivity index (χ0) is 19.2. The van der Waals surface area contributed by atoms with Crippen molar-refractivity contribution < 1.29 is 4.79 Å². The summed E-state index contributed by atoms with van der Waals surface area (Å²) in [7, 11) is 0. The summed E-state index contributed by atoms with van der Waals surface area (Å²) in [6.45, 7) is 0.782. The molecule has 5 heteroatoms. The predicted molar refractivity (Wildman–Crippen MR) is 111 cm³/mol. The lowest BCUT2D eigenvalue weighted by atomic mass is 10.1. The van der Waals surface area contributed by atoms with Crippen LogP contribution in [0.15, 0.2) is 66.7 Å². The van der Waals surface area contributed by atoms with Gasteiger partial charge >= 0.3 is 0 Å². The first kappa shape index (κ1) is 18.2. The number of nitrogens with zero attached hydrogens (tertiary/aromatic N) is 2. The Kier molecular flexibility index (Phi) is 5.61. The summed E-state index contributed by atoms with van der Waals surface area (Å²) < 4.78 is 0. The molecule has 0 aliphatic heterocycles. The molecular formula is C23H24N4O. The molecule has 2 aromatic carbocycles. The van der Waals surface area contributed by atoms with E-state index in [1.807, 2.05) is 36.4 Å². The number of aromatic nitrogens is 2. The molecule has 2 N–H and O–H groups in total. The molecule has 1 heterocycles. The van der Waals surface area contributed by atoms with Crippen molar-refractivity contribution in [3.05, 3.63) is 78.0 Å². The summed E-state index contributed by atoms with van der Waals surface area (Å²) in [5.41, 5.74) is 2.63. The smallest absolute Gasteiger partial charge is 0.270 e. The maximum Gasteiger partial charge on any atom is 0.270 e. The highest BCUT2D eigenvalue weighted by Crippen LogP contribution is 2.21. The highest BCUT2D eigenvalue weighted by atomic mass is 16.2. The SMILES string of the molecule is O=C(NC1CC1)c1cc(NCCCc2ccccc2)nc(-c2ccccc2)n1. The Balaban J connectivity index is 1.47. The van der Waals surface area contributed by atoms with Crippen molar-refractivity contribution in [1.29, 1.82) is 0 Å². The van der Waals surface area contributed by atoms with Crippen LogP contribution in [0, 0.1) is 0 Å². The van der Waals surface area contributed by atoms with Crippen LogP contribution in [-0.2, 0) is 6.42 Å². The van der Waals surface area contributed by atoms with Crippen LogP contribution in [0.3, 0.4) is 0 Å². The number of rotatable bonds is 8. The van der Waals surface area contributed by atoms with E-state index in [0.717, 1.165) is 37.8 Å². The van der Waals surface area contributed by atoms with Gasteiger partial charge < -0.3 is 10.6 Å². The Labute approximate surface area is 165 Å². The van der Waals surface area contributed by atoms with Crippen LogP contribution in [0.2, 0.25) is 0 Å². The summed E-state index contributed by atoms with van der Waals surface area (Å²) in [6, 6.07) is 22.2. The van der Waals surface area contributed by atoms with Crippen molar-refractivity contribution in [3.8, 4) is 11.4 Å². The van der Waals surface area contributed by atoms with E-state index in [0.29, 0.717) is 23.4 Å². The van der Waals surface area contributed by atoms with Crippen LogP contribution in [0.5, 0.6) is 0 Å². The number of hydrogen-bond donors (Lipinski definition) is 2. The standard InChI is InChI=1S/C23H24N4O/c28-23(25-19-13-14-19)20-16-21(24-15-7-10-17-8-3-1-4-9-17)27-22(26-20)18-11-5-2-6-12-18/h1-6,8-9,11-12,16,19H,7,10,13-15H2,(H,25,28)(H,24,26,27). The molecule has 1 aliphatic carbocycles. The summed E-state index contributed by atoms with van der Waals surface area (Å²) in [5, 5.41) is 6.37. The Hall–Kier alpha value is -3.21. The first-order valence-corrected chi connectivity index (χ1v) is 9.81. The second-order valence-electron chi connectivity index (χ2n) is 7.09. The fraction of sp³-hybridized carbons (Fsp3) is 0.261. The van der Waals surface area contributed by atoms with E-state index in [-0.39, 0.29) is 5.91 Å². The minimum atomic E-state index is -0.130. The van der Waals surface area contributed by atoms with E-state index >= 15 is 0 Å². The molecule has 28 heavy (non-hydrogen) atoms. The van der Waals surface area contributed by atoms with Gasteiger partial charge in [-0.3, -0.25) is 4.79 Å². The highest BCUT2D eigenvalue weighted by Gasteiger charge is 2.25. The van der Waals surface area contributed by atoms with E-state index in [2.05, 4.69) is 44.9 Å². The van der Waals surface area contributed by atoms with Gasteiger partial charge in [-0.25, -0.2) is 9.97 Å². The van der Waals surface area contributed by atoms with Gasteiger partial charge in [0.25, 0.3) is 5.91 Å². The molecule has 0 spiro atoms. The van der Waals surface area contributed by atoms with Gasteiger partial charge in [-0.2, -0.15) is 0 Å². The van der Waals surface area contributed by atoms with Crippen LogP contribution in [0.25, 0.3) is 11.4 Å². The van der Waals surface area contributed by atoms with Crippen LogP contribution in [0.1, 0.15) is 35.3 Å². The first-order chi connectivity index (χ1) is 13.8. The lowest BCUT2D eigenvalue weighted by Crippen LogP contribution is -2.26. The maximum atomic E-state index is 12.5. The molecule has 1 amide bonds. The summed E-state index contributed by atoms with van der Waals surface area (Å²) in [4.78, 5) is 21.6. The molecule has 0 unspecified atom stereocenters. The van der Waals surface area contributed by atoms with Crippen molar-refractivity contribution in [2.24, 2.45) is 0 Å². The fourth-order valence-electron chi connectivity index (χ4n) is 3.01. The van der Waals surface area contributed by atoms with Gasteiger partial charge in [-0.15, -0.1) is 0 Å². The lowest BCUT2D eigenvalue weighted by Gasteiger charge is -2.10. The van der Waals surface area contributed by atoms with Gasteiger partial charge in [0.1, 0.15) is 11.5 Å². The zero-order valence-corrected chi connectivity index (χ0v) is 15.8. The molecule has 5 nitrogen and oxygen atoms in total. The maximum absolute atomic E-state index is 12.5. The molecule has 1 aliphatic rings. The number of benzene rings is 2. The molecule has 1 fully saturated rings. The van der Waals surface area contributed by atoms with Crippen molar-refractivity contribution in [3.63, 3.8) is 0 Å². The normalized spacial score (nSPS) is 13.1. The predicted octanol–water partition coefficient (Wildman–Crippen LogP) is 4.08. The van der Waals surface area contributed by atoms with E-state index in [1.165, 1.54) is 5.56 Å². The average Bonchev–Trinajstić information content (AvgIpc) is 3.56. The Bertz CT molecular complexity index is 924. The molecule has 0 bridgehead atoms. The number of anilines is 1. The van der Waals surface area contributed by atoms with Crippen LogP contribution in [-0.4, -0.2) is 28.5 Å². The van der Waals surface area contributed by atoms with Crippen molar-refractivity contribution in [1.82, 2.24) is 15.3 Å². The fourth-order valence-corrected chi connectivity index (χ4v) is 3.01. The third-order valence-corrected chi connectivity index (χ3v) is 4.69. The third-order valence-electron chi connectivity index (χ3n) is 4.69. The molecule has 142 valence electrons. The number of carbonyl (C=O) groups is 1. The van der Waals surface area contributed by atoms with E-state index in [9.17, 15) is 4.79 Å². The molecular weight excluding hydrogens is 348 g/mol. The number of carbonyl (C=O) groups excluding carboxylic acids is 1. The quantitative estimate of drug-likeness (QED) is 0.585. The summed E-state index contributed by atoms with van der Waals surface area (Å²) in [6.07, 6.45) is 4.08.